The van der Waals surface area contributed by atoms with Gasteiger partial charge in [-0.2, -0.15) is 0 Å². The van der Waals surface area contributed by atoms with Crippen LogP contribution in [0.1, 0.15) is 158 Å². The van der Waals surface area contributed by atoms with Crippen molar-refractivity contribution in [3.63, 3.8) is 0 Å². The van der Waals surface area contributed by atoms with Crippen molar-refractivity contribution in [1.29, 1.82) is 0 Å². The van der Waals surface area contributed by atoms with Gasteiger partial charge >= 0.3 is 11.9 Å². The Labute approximate surface area is 221 Å². The number of carbonyl (C=O) groups is 2. The fourth-order valence-corrected chi connectivity index (χ4v) is 4.71. The van der Waals surface area contributed by atoms with E-state index in [9.17, 15) is 9.59 Å². The van der Waals surface area contributed by atoms with Crippen LogP contribution < -0.4 is 0 Å². The third kappa shape index (κ3) is 16.0. The molecule has 0 aliphatic carbocycles. The van der Waals surface area contributed by atoms with E-state index in [4.69, 9.17) is 9.47 Å². The van der Waals surface area contributed by atoms with Gasteiger partial charge in [0.05, 0.1) is 23.8 Å². The lowest BCUT2D eigenvalue weighted by Crippen LogP contribution is -2.23. The van der Waals surface area contributed by atoms with Gasteiger partial charge in [0.1, 0.15) is 0 Å². The second-order valence-corrected chi connectivity index (χ2v) is 11.6. The minimum atomic E-state index is -0.466. The Morgan fingerprint density at radius 3 is 1.56 bits per heavy atom. The van der Waals surface area contributed by atoms with E-state index in [-0.39, 0.29) is 22.6 Å². The van der Waals surface area contributed by atoms with Crippen molar-refractivity contribution in [1.82, 2.24) is 0 Å². The Morgan fingerprint density at radius 1 is 0.694 bits per heavy atom. The first kappa shape index (κ1) is 32.2. The van der Waals surface area contributed by atoms with E-state index >= 15 is 0 Å². The Morgan fingerprint density at radius 2 is 1.11 bits per heavy atom. The van der Waals surface area contributed by atoms with Crippen molar-refractivity contribution >= 4 is 11.9 Å². The molecular formula is C32H54O4. The van der Waals surface area contributed by atoms with Crippen molar-refractivity contribution in [3.8, 4) is 0 Å². The Bertz CT molecular complexity index is 719. The normalized spacial score (nSPS) is 12.4. The quantitative estimate of drug-likeness (QED) is 0.131. The predicted octanol–water partition coefficient (Wildman–Crippen LogP) is 9.70. The van der Waals surface area contributed by atoms with Crippen LogP contribution in [-0.4, -0.2) is 24.6 Å². The first-order valence-electron chi connectivity index (χ1n) is 14.7. The molecule has 0 spiro atoms. The molecule has 0 aliphatic heterocycles. The average molecular weight is 503 g/mol. The highest BCUT2D eigenvalue weighted by Crippen LogP contribution is 2.23. The van der Waals surface area contributed by atoms with Gasteiger partial charge in [0.25, 0.3) is 0 Å². The van der Waals surface area contributed by atoms with E-state index in [1.165, 1.54) is 83.5 Å². The maximum absolute atomic E-state index is 12.7. The fourth-order valence-electron chi connectivity index (χ4n) is 4.71. The molecule has 0 heterocycles. The fraction of sp³-hybridized carbons (Fsp3) is 0.750. The van der Waals surface area contributed by atoms with E-state index in [1.54, 1.807) is 24.3 Å². The second-order valence-electron chi connectivity index (χ2n) is 11.6. The molecule has 36 heavy (non-hydrogen) atoms. The van der Waals surface area contributed by atoms with Crippen molar-refractivity contribution in [2.75, 3.05) is 6.61 Å². The highest BCUT2D eigenvalue weighted by Gasteiger charge is 2.23. The summed E-state index contributed by atoms with van der Waals surface area (Å²) < 4.78 is 11.1. The molecule has 1 unspecified atom stereocenters. The lowest BCUT2D eigenvalue weighted by molar-refractivity contribution is 0.0244. The minimum Gasteiger partial charge on any atom is -0.462 e. The number of rotatable bonds is 20. The summed E-state index contributed by atoms with van der Waals surface area (Å²) in [5.41, 5.74) is 0.622. The van der Waals surface area contributed by atoms with Gasteiger partial charge in [-0.3, -0.25) is 0 Å². The van der Waals surface area contributed by atoms with Crippen LogP contribution in [0.25, 0.3) is 0 Å². The Kier molecular flexibility index (Phi) is 17.3. The summed E-state index contributed by atoms with van der Waals surface area (Å²) in [7, 11) is 0. The van der Waals surface area contributed by atoms with Crippen LogP contribution in [0.15, 0.2) is 24.3 Å². The van der Waals surface area contributed by atoms with Crippen molar-refractivity contribution in [2.45, 2.75) is 143 Å². The SMILES string of the molecule is CCCCCCCCCCCCCCCCCOC(=O)c1ccccc1C(=O)OC(C)CC(C)(C)C. The molecule has 0 fully saturated rings. The molecule has 4 heteroatoms. The predicted molar refractivity (Wildman–Crippen MR) is 151 cm³/mol. The molecule has 0 saturated heterocycles. The number of hydrogen-bond acceptors (Lipinski definition) is 4. The molecule has 0 aliphatic rings. The van der Waals surface area contributed by atoms with Gasteiger partial charge in [-0.15, -0.1) is 0 Å². The highest BCUT2D eigenvalue weighted by atomic mass is 16.5. The van der Waals surface area contributed by atoms with Gasteiger partial charge in [0.2, 0.25) is 0 Å². The zero-order chi connectivity index (χ0) is 26.7. The maximum Gasteiger partial charge on any atom is 0.339 e. The van der Waals surface area contributed by atoms with Crippen molar-refractivity contribution < 1.29 is 19.1 Å². The standard InChI is InChI=1S/C32H54O4/c1-6-7-8-9-10-11-12-13-14-15-16-17-18-19-22-25-35-30(33)28-23-20-21-24-29(28)31(34)36-27(2)26-32(3,4)5/h20-21,23-24,27H,6-19,22,25-26H2,1-5H3. The zero-order valence-electron chi connectivity index (χ0n) is 24.0. The van der Waals surface area contributed by atoms with Crippen LogP contribution in [0.5, 0.6) is 0 Å². The number of hydrogen-bond donors (Lipinski definition) is 0. The zero-order valence-corrected chi connectivity index (χ0v) is 24.0. The summed E-state index contributed by atoms with van der Waals surface area (Å²) in [6.07, 6.45) is 20.1. The molecule has 4 nitrogen and oxygen atoms in total. The summed E-state index contributed by atoms with van der Waals surface area (Å²) in [6.45, 7) is 10.9. The van der Waals surface area contributed by atoms with Gasteiger partial charge in [0, 0.05) is 0 Å². The lowest BCUT2D eigenvalue weighted by atomic mass is 9.90. The first-order chi connectivity index (χ1) is 17.2. The van der Waals surface area contributed by atoms with Crippen LogP contribution in [-0.2, 0) is 9.47 Å². The molecule has 1 aromatic rings. The molecule has 0 aromatic heterocycles. The largest absolute Gasteiger partial charge is 0.462 e. The van der Waals surface area contributed by atoms with Gasteiger partial charge in [-0.1, -0.05) is 130 Å². The molecule has 1 aromatic carbocycles. The van der Waals surface area contributed by atoms with E-state index < -0.39 is 11.9 Å². The van der Waals surface area contributed by atoms with Crippen molar-refractivity contribution in [2.24, 2.45) is 5.41 Å². The first-order valence-corrected chi connectivity index (χ1v) is 14.7. The second kappa shape index (κ2) is 19.3. The molecule has 0 amide bonds. The third-order valence-electron chi connectivity index (χ3n) is 6.56. The Hall–Kier alpha value is -1.84. The molecule has 206 valence electrons. The molecule has 1 rings (SSSR count). The summed E-state index contributed by atoms with van der Waals surface area (Å²) in [6, 6.07) is 6.77. The Balaban J connectivity index is 2.15. The third-order valence-corrected chi connectivity index (χ3v) is 6.56. The molecular weight excluding hydrogens is 448 g/mol. The smallest absolute Gasteiger partial charge is 0.339 e. The topological polar surface area (TPSA) is 52.6 Å². The van der Waals surface area contributed by atoms with Gasteiger partial charge in [-0.05, 0) is 37.3 Å². The van der Waals surface area contributed by atoms with E-state index in [0.717, 1.165) is 19.3 Å². The highest BCUT2D eigenvalue weighted by molar-refractivity contribution is 6.03. The average Bonchev–Trinajstić information content (AvgIpc) is 2.82. The van der Waals surface area contributed by atoms with Crippen LogP contribution in [0.4, 0.5) is 0 Å². The number of unbranched alkanes of at least 4 members (excludes halogenated alkanes) is 14. The number of benzene rings is 1. The number of carbonyl (C=O) groups excluding carboxylic acids is 2. The van der Waals surface area contributed by atoms with Crippen LogP contribution in [0, 0.1) is 5.41 Å². The minimum absolute atomic E-state index is 0.0609. The molecule has 0 radical (unpaired) electrons. The van der Waals surface area contributed by atoms with Crippen LogP contribution >= 0.6 is 0 Å². The molecule has 0 saturated carbocycles. The summed E-state index contributed by atoms with van der Waals surface area (Å²) >= 11 is 0. The van der Waals surface area contributed by atoms with Gasteiger partial charge in [-0.25, -0.2) is 9.59 Å². The lowest BCUT2D eigenvalue weighted by Gasteiger charge is -2.23. The van der Waals surface area contributed by atoms with Crippen LogP contribution in [0.3, 0.4) is 0 Å². The van der Waals surface area contributed by atoms with E-state index in [1.807, 2.05) is 6.92 Å². The van der Waals surface area contributed by atoms with Gasteiger partial charge in [0.15, 0.2) is 0 Å². The summed E-state index contributed by atoms with van der Waals surface area (Å²) in [4.78, 5) is 25.3. The number of ether oxygens (including phenoxy) is 2. The number of esters is 2. The molecule has 1 atom stereocenters. The van der Waals surface area contributed by atoms with Crippen molar-refractivity contribution in [3.05, 3.63) is 35.4 Å². The monoisotopic (exact) mass is 502 g/mol. The van der Waals surface area contributed by atoms with E-state index in [0.29, 0.717) is 6.61 Å². The summed E-state index contributed by atoms with van der Waals surface area (Å²) in [5, 5.41) is 0. The molecule has 0 bridgehead atoms. The van der Waals surface area contributed by atoms with Crippen LogP contribution in [0.2, 0.25) is 0 Å². The van der Waals surface area contributed by atoms with Gasteiger partial charge < -0.3 is 9.47 Å². The maximum atomic E-state index is 12.7. The van der Waals surface area contributed by atoms with E-state index in [2.05, 4.69) is 27.7 Å². The molecule has 0 N–H and O–H groups in total. The summed E-state index contributed by atoms with van der Waals surface area (Å²) in [5.74, 6) is -0.914.